The van der Waals surface area contributed by atoms with E-state index in [0.717, 1.165) is 28.3 Å². The summed E-state index contributed by atoms with van der Waals surface area (Å²) in [7, 11) is 1.64. The van der Waals surface area contributed by atoms with Crippen LogP contribution in [0.5, 0.6) is 5.75 Å². The first kappa shape index (κ1) is 13.0. The summed E-state index contributed by atoms with van der Waals surface area (Å²) in [6.07, 6.45) is 0. The molecule has 0 saturated carbocycles. The lowest BCUT2D eigenvalue weighted by Gasteiger charge is -2.14. The number of ether oxygens (including phenoxy) is 1. The molecule has 0 unspecified atom stereocenters. The Labute approximate surface area is 113 Å². The van der Waals surface area contributed by atoms with Crippen molar-refractivity contribution in [2.24, 2.45) is 0 Å². The van der Waals surface area contributed by atoms with E-state index in [-0.39, 0.29) is 0 Å². The maximum absolute atomic E-state index is 9.18. The molecule has 0 atom stereocenters. The highest BCUT2D eigenvalue weighted by atomic mass is 16.5. The summed E-state index contributed by atoms with van der Waals surface area (Å²) < 4.78 is 5.34. The Morgan fingerprint density at radius 2 is 1.95 bits per heavy atom. The maximum atomic E-state index is 9.18. The van der Waals surface area contributed by atoms with Gasteiger partial charge in [0.2, 0.25) is 0 Å². The van der Waals surface area contributed by atoms with Crippen LogP contribution in [-0.2, 0) is 0 Å². The second-order valence-corrected chi connectivity index (χ2v) is 4.44. The largest absolute Gasteiger partial charge is 0.495 e. The monoisotopic (exact) mass is 252 g/mol. The van der Waals surface area contributed by atoms with Crippen molar-refractivity contribution in [3.8, 4) is 11.8 Å². The van der Waals surface area contributed by atoms with E-state index in [4.69, 9.17) is 4.74 Å². The summed E-state index contributed by atoms with van der Waals surface area (Å²) in [6.45, 7) is 4.00. The third-order valence-electron chi connectivity index (χ3n) is 3.01. The quantitative estimate of drug-likeness (QED) is 0.900. The highest BCUT2D eigenvalue weighted by molar-refractivity contribution is 5.73. The van der Waals surface area contributed by atoms with Crippen LogP contribution in [0.2, 0.25) is 0 Å². The molecular weight excluding hydrogens is 236 g/mol. The molecule has 2 rings (SSSR count). The Bertz CT molecular complexity index is 642. The summed E-state index contributed by atoms with van der Waals surface area (Å²) in [4.78, 5) is 0. The van der Waals surface area contributed by atoms with Crippen LogP contribution in [0.3, 0.4) is 0 Å². The molecule has 0 fully saturated rings. The number of para-hydroxylation sites is 1. The van der Waals surface area contributed by atoms with Gasteiger partial charge in [-0.1, -0.05) is 18.2 Å². The summed E-state index contributed by atoms with van der Waals surface area (Å²) in [5.74, 6) is 0.762. The van der Waals surface area contributed by atoms with Crippen molar-refractivity contribution in [1.82, 2.24) is 0 Å². The van der Waals surface area contributed by atoms with Crippen molar-refractivity contribution in [2.45, 2.75) is 13.8 Å². The topological polar surface area (TPSA) is 45.0 Å². The van der Waals surface area contributed by atoms with E-state index in [2.05, 4.69) is 11.4 Å². The van der Waals surface area contributed by atoms with Gasteiger partial charge in [0.05, 0.1) is 24.0 Å². The van der Waals surface area contributed by atoms with Crippen LogP contribution >= 0.6 is 0 Å². The Kier molecular flexibility index (Phi) is 3.72. The van der Waals surface area contributed by atoms with Crippen molar-refractivity contribution < 1.29 is 4.74 Å². The van der Waals surface area contributed by atoms with E-state index in [0.29, 0.717) is 5.56 Å². The average molecular weight is 252 g/mol. The van der Waals surface area contributed by atoms with Gasteiger partial charge in [-0.3, -0.25) is 0 Å². The van der Waals surface area contributed by atoms with E-state index >= 15 is 0 Å². The van der Waals surface area contributed by atoms with Gasteiger partial charge < -0.3 is 10.1 Å². The highest BCUT2D eigenvalue weighted by Crippen LogP contribution is 2.31. The van der Waals surface area contributed by atoms with Crippen molar-refractivity contribution in [3.63, 3.8) is 0 Å². The molecule has 2 aromatic carbocycles. The number of methoxy groups -OCH3 is 1. The lowest BCUT2D eigenvalue weighted by atomic mass is 10.1. The fourth-order valence-electron chi connectivity index (χ4n) is 1.98. The first-order chi connectivity index (χ1) is 9.15. The Morgan fingerprint density at radius 3 is 2.63 bits per heavy atom. The predicted molar refractivity (Wildman–Crippen MR) is 76.9 cm³/mol. The van der Waals surface area contributed by atoms with Crippen molar-refractivity contribution in [1.29, 1.82) is 5.26 Å². The Hall–Kier alpha value is -2.47. The maximum Gasteiger partial charge on any atom is 0.142 e. The van der Waals surface area contributed by atoms with Gasteiger partial charge in [-0.15, -0.1) is 0 Å². The number of hydrogen-bond acceptors (Lipinski definition) is 3. The van der Waals surface area contributed by atoms with Gasteiger partial charge in [-0.2, -0.15) is 5.26 Å². The zero-order valence-electron chi connectivity index (χ0n) is 11.3. The lowest BCUT2D eigenvalue weighted by molar-refractivity contribution is 0.416. The van der Waals surface area contributed by atoms with Crippen LogP contribution in [0.25, 0.3) is 0 Å². The predicted octanol–water partition coefficient (Wildman–Crippen LogP) is 3.93. The smallest absolute Gasteiger partial charge is 0.142 e. The summed E-state index contributed by atoms with van der Waals surface area (Å²) in [5.41, 5.74) is 4.49. The highest BCUT2D eigenvalue weighted by Gasteiger charge is 2.09. The summed E-state index contributed by atoms with van der Waals surface area (Å²) in [5, 5.41) is 12.5. The van der Waals surface area contributed by atoms with Crippen LogP contribution < -0.4 is 10.1 Å². The van der Waals surface area contributed by atoms with E-state index in [1.165, 1.54) is 0 Å². The van der Waals surface area contributed by atoms with Gasteiger partial charge in [-0.05, 0) is 43.2 Å². The summed E-state index contributed by atoms with van der Waals surface area (Å²) in [6, 6.07) is 13.8. The fourth-order valence-corrected chi connectivity index (χ4v) is 1.98. The summed E-state index contributed by atoms with van der Waals surface area (Å²) >= 11 is 0. The van der Waals surface area contributed by atoms with Crippen LogP contribution in [-0.4, -0.2) is 7.11 Å². The average Bonchev–Trinajstić information content (AvgIpc) is 2.41. The molecule has 0 amide bonds. The minimum atomic E-state index is 0.628. The number of aryl methyl sites for hydroxylation is 2. The number of nitriles is 1. The zero-order valence-corrected chi connectivity index (χ0v) is 11.3. The SMILES string of the molecule is COc1ccc(C)cc1Nc1c(C)cccc1C#N. The molecule has 0 radical (unpaired) electrons. The van der Waals surface area contributed by atoms with Gasteiger partial charge in [-0.25, -0.2) is 0 Å². The minimum Gasteiger partial charge on any atom is -0.495 e. The fraction of sp³-hybridized carbons (Fsp3) is 0.188. The number of anilines is 2. The van der Waals surface area contributed by atoms with Crippen LogP contribution in [0, 0.1) is 25.2 Å². The van der Waals surface area contributed by atoms with Gasteiger partial charge in [0.1, 0.15) is 11.8 Å². The molecule has 0 aliphatic heterocycles. The number of rotatable bonds is 3. The second-order valence-electron chi connectivity index (χ2n) is 4.44. The standard InChI is InChI=1S/C16H16N2O/c1-11-7-8-15(19-3)14(9-11)18-16-12(2)5-4-6-13(16)10-17/h4-9,18H,1-3H3. The van der Waals surface area contributed by atoms with Gasteiger partial charge >= 0.3 is 0 Å². The van der Waals surface area contributed by atoms with E-state index in [1.54, 1.807) is 13.2 Å². The molecule has 0 bridgehead atoms. The van der Waals surface area contributed by atoms with Crippen molar-refractivity contribution in [3.05, 3.63) is 53.1 Å². The number of hydrogen-bond donors (Lipinski definition) is 1. The molecule has 3 nitrogen and oxygen atoms in total. The second kappa shape index (κ2) is 5.45. The molecule has 0 aromatic heterocycles. The molecule has 1 N–H and O–H groups in total. The van der Waals surface area contributed by atoms with E-state index < -0.39 is 0 Å². The molecule has 2 aromatic rings. The normalized spacial score (nSPS) is 9.79. The first-order valence-electron chi connectivity index (χ1n) is 6.07. The van der Waals surface area contributed by atoms with Gasteiger partial charge in [0.25, 0.3) is 0 Å². The molecule has 0 heterocycles. The van der Waals surface area contributed by atoms with Crippen molar-refractivity contribution in [2.75, 3.05) is 12.4 Å². The number of nitrogens with zero attached hydrogens (tertiary/aromatic N) is 1. The van der Waals surface area contributed by atoms with Crippen LogP contribution in [0.1, 0.15) is 16.7 Å². The van der Waals surface area contributed by atoms with Gasteiger partial charge in [0, 0.05) is 0 Å². The Balaban J connectivity index is 2.47. The minimum absolute atomic E-state index is 0.628. The number of benzene rings is 2. The molecule has 0 saturated heterocycles. The van der Waals surface area contributed by atoms with Crippen molar-refractivity contribution >= 4 is 11.4 Å². The molecule has 0 aliphatic rings. The van der Waals surface area contributed by atoms with Gasteiger partial charge in [0.15, 0.2) is 0 Å². The molecular formula is C16H16N2O. The zero-order chi connectivity index (χ0) is 13.8. The molecule has 0 spiro atoms. The first-order valence-corrected chi connectivity index (χ1v) is 6.07. The molecule has 19 heavy (non-hydrogen) atoms. The third kappa shape index (κ3) is 2.69. The van der Waals surface area contributed by atoms with Crippen LogP contribution in [0.15, 0.2) is 36.4 Å². The molecule has 0 aliphatic carbocycles. The lowest BCUT2D eigenvalue weighted by Crippen LogP contribution is -1.99. The van der Waals surface area contributed by atoms with E-state index in [1.807, 2.05) is 44.2 Å². The number of nitrogens with one attached hydrogen (secondary N) is 1. The third-order valence-corrected chi connectivity index (χ3v) is 3.01. The molecule has 3 heteroatoms. The van der Waals surface area contributed by atoms with E-state index in [9.17, 15) is 5.26 Å². The van der Waals surface area contributed by atoms with Crippen LogP contribution in [0.4, 0.5) is 11.4 Å². The Morgan fingerprint density at radius 1 is 1.16 bits per heavy atom. The molecule has 96 valence electrons.